The number of rotatable bonds is 9. The first kappa shape index (κ1) is 26.1. The first-order chi connectivity index (χ1) is 17.6. The van der Waals surface area contributed by atoms with Gasteiger partial charge in [-0.3, -0.25) is 9.78 Å². The molecule has 9 heteroatoms. The van der Waals surface area contributed by atoms with Crippen LogP contribution in [-0.4, -0.2) is 52.2 Å². The Bertz CT molecular complexity index is 1330. The number of nitrogens with two attached hydrogens (primary N) is 1. The molecule has 0 spiro atoms. The van der Waals surface area contributed by atoms with Gasteiger partial charge in [-0.05, 0) is 63.6 Å². The van der Waals surface area contributed by atoms with E-state index >= 15 is 0 Å². The number of carbonyl (C=O) groups excluding carboxylic acids is 1. The number of nitrogens with one attached hydrogen (secondary N) is 2. The molecule has 0 saturated heterocycles. The Morgan fingerprint density at radius 1 is 1.24 bits per heavy atom. The molecule has 1 unspecified atom stereocenters. The molecule has 1 aromatic carbocycles. The number of pyridine rings is 1. The highest BCUT2D eigenvalue weighted by Crippen LogP contribution is 2.42. The summed E-state index contributed by atoms with van der Waals surface area (Å²) in [6.07, 6.45) is 5.49. The lowest BCUT2D eigenvalue weighted by atomic mass is 9.91. The predicted octanol–water partition coefficient (Wildman–Crippen LogP) is 4.79. The second-order valence-corrected chi connectivity index (χ2v) is 9.97. The minimum atomic E-state index is -0.206. The monoisotopic (exact) mass is 501 g/mol. The van der Waals surface area contributed by atoms with Gasteiger partial charge < -0.3 is 26.1 Å². The molecule has 0 aliphatic heterocycles. The van der Waals surface area contributed by atoms with Crippen LogP contribution >= 0.6 is 0 Å². The average molecular weight is 502 g/mol. The van der Waals surface area contributed by atoms with Gasteiger partial charge in [-0.25, -0.2) is 9.97 Å². The molecule has 0 radical (unpaired) electrons. The number of aromatic nitrogens is 3. The number of hydrogen-bond acceptors (Lipinski definition) is 8. The standard InChI is InChI=1S/C28H35N7O2/c1-15-11-21(18(4)34-27-24(17(3)29)26(30)32-14-33-27)25(37-13-19-7-8-19)23(16(15)2)20-9-10-22(31-12-20)28(36)35(5)6/h9-12,14,18-19,29H,7-8,13H2,1-6H3,(H3,30,32,33,34). The van der Waals surface area contributed by atoms with Gasteiger partial charge in [0, 0.05) is 42.7 Å². The van der Waals surface area contributed by atoms with Crippen molar-refractivity contribution < 1.29 is 9.53 Å². The van der Waals surface area contributed by atoms with E-state index in [0.717, 1.165) is 33.6 Å². The van der Waals surface area contributed by atoms with E-state index in [1.54, 1.807) is 33.3 Å². The fourth-order valence-corrected chi connectivity index (χ4v) is 4.29. The van der Waals surface area contributed by atoms with Crippen molar-refractivity contribution in [1.29, 1.82) is 5.41 Å². The normalized spacial score (nSPS) is 13.7. The number of hydrogen-bond donors (Lipinski definition) is 3. The summed E-state index contributed by atoms with van der Waals surface area (Å²) in [7, 11) is 3.42. The van der Waals surface area contributed by atoms with Crippen molar-refractivity contribution in [3.05, 3.63) is 58.7 Å². The molecule has 37 heavy (non-hydrogen) atoms. The molecule has 194 valence electrons. The van der Waals surface area contributed by atoms with Gasteiger partial charge in [0.2, 0.25) is 0 Å². The molecular weight excluding hydrogens is 466 g/mol. The van der Waals surface area contributed by atoms with E-state index in [1.165, 1.54) is 24.1 Å². The SMILES string of the molecule is CC(=N)c1c(N)ncnc1NC(C)c1cc(C)c(C)c(-c2ccc(C(=O)N(C)C)nc2)c1OCC1CC1. The van der Waals surface area contributed by atoms with Crippen LogP contribution < -0.4 is 15.8 Å². The maximum absolute atomic E-state index is 12.4. The molecule has 1 atom stereocenters. The van der Waals surface area contributed by atoms with Crippen LogP contribution in [0.3, 0.4) is 0 Å². The first-order valence-electron chi connectivity index (χ1n) is 12.5. The van der Waals surface area contributed by atoms with Crippen molar-refractivity contribution in [1.82, 2.24) is 19.9 Å². The summed E-state index contributed by atoms with van der Waals surface area (Å²) in [6, 6.07) is 5.62. The van der Waals surface area contributed by atoms with Crippen molar-refractivity contribution in [2.45, 2.75) is 46.6 Å². The van der Waals surface area contributed by atoms with Crippen LogP contribution in [0.5, 0.6) is 5.75 Å². The molecule has 9 nitrogen and oxygen atoms in total. The zero-order chi connectivity index (χ0) is 26.9. The maximum atomic E-state index is 12.4. The van der Waals surface area contributed by atoms with E-state index < -0.39 is 0 Å². The van der Waals surface area contributed by atoms with Crippen LogP contribution in [0, 0.1) is 25.2 Å². The Kier molecular flexibility index (Phi) is 7.42. The smallest absolute Gasteiger partial charge is 0.271 e. The Morgan fingerprint density at radius 2 is 1.97 bits per heavy atom. The lowest BCUT2D eigenvalue weighted by Gasteiger charge is -2.25. The Balaban J connectivity index is 1.79. The van der Waals surface area contributed by atoms with Crippen molar-refractivity contribution in [2.24, 2.45) is 5.92 Å². The molecule has 4 N–H and O–H groups in total. The van der Waals surface area contributed by atoms with Gasteiger partial charge in [-0.15, -0.1) is 0 Å². The number of nitrogen functional groups attached to an aromatic ring is 1. The summed E-state index contributed by atoms with van der Waals surface area (Å²) in [5.74, 6) is 1.99. The largest absolute Gasteiger partial charge is 0.492 e. The third-order valence-electron chi connectivity index (χ3n) is 6.74. The Hall–Kier alpha value is -4.01. The molecule has 2 aromatic heterocycles. The number of benzene rings is 1. The lowest BCUT2D eigenvalue weighted by molar-refractivity contribution is 0.0822. The van der Waals surface area contributed by atoms with E-state index in [2.05, 4.69) is 40.2 Å². The van der Waals surface area contributed by atoms with Gasteiger partial charge in [0.05, 0.1) is 18.2 Å². The van der Waals surface area contributed by atoms with Gasteiger partial charge in [0.1, 0.15) is 29.4 Å². The van der Waals surface area contributed by atoms with Crippen molar-refractivity contribution in [3.8, 4) is 16.9 Å². The molecule has 1 aliphatic carbocycles. The number of carbonyl (C=O) groups is 1. The minimum Gasteiger partial charge on any atom is -0.492 e. The predicted molar refractivity (Wildman–Crippen MR) is 146 cm³/mol. The molecule has 3 aromatic rings. The summed E-state index contributed by atoms with van der Waals surface area (Å²) >= 11 is 0. The highest BCUT2D eigenvalue weighted by molar-refractivity contribution is 6.04. The summed E-state index contributed by atoms with van der Waals surface area (Å²) < 4.78 is 6.52. The van der Waals surface area contributed by atoms with E-state index in [-0.39, 0.29) is 23.5 Å². The number of ether oxygens (including phenoxy) is 1. The second-order valence-electron chi connectivity index (χ2n) is 9.97. The van der Waals surface area contributed by atoms with E-state index in [0.29, 0.717) is 29.6 Å². The van der Waals surface area contributed by atoms with Gasteiger partial charge in [0.15, 0.2) is 0 Å². The Morgan fingerprint density at radius 3 is 2.57 bits per heavy atom. The van der Waals surface area contributed by atoms with E-state index in [1.807, 2.05) is 13.0 Å². The summed E-state index contributed by atoms with van der Waals surface area (Å²) in [4.78, 5) is 26.8. The highest BCUT2D eigenvalue weighted by Gasteiger charge is 2.27. The quantitative estimate of drug-likeness (QED) is 0.359. The molecule has 1 fully saturated rings. The summed E-state index contributed by atoms with van der Waals surface area (Å²) in [5.41, 5.74) is 12.3. The Labute approximate surface area is 218 Å². The fraction of sp³-hybridized carbons (Fsp3) is 0.393. The van der Waals surface area contributed by atoms with Crippen molar-refractivity contribution in [2.75, 3.05) is 31.8 Å². The molecular formula is C28H35N7O2. The van der Waals surface area contributed by atoms with Crippen LogP contribution in [0.1, 0.15) is 65.5 Å². The number of amides is 1. The van der Waals surface area contributed by atoms with Gasteiger partial charge in [-0.1, -0.05) is 12.1 Å². The topological polar surface area (TPSA) is 130 Å². The van der Waals surface area contributed by atoms with Crippen LogP contribution in [0.25, 0.3) is 11.1 Å². The zero-order valence-electron chi connectivity index (χ0n) is 22.3. The molecule has 1 amide bonds. The van der Waals surface area contributed by atoms with Crippen LogP contribution in [-0.2, 0) is 0 Å². The highest BCUT2D eigenvalue weighted by atomic mass is 16.5. The van der Waals surface area contributed by atoms with Crippen LogP contribution in [0.15, 0.2) is 30.7 Å². The maximum Gasteiger partial charge on any atom is 0.271 e. The summed E-state index contributed by atoms with van der Waals surface area (Å²) in [6.45, 7) is 8.51. The third-order valence-corrected chi connectivity index (χ3v) is 6.74. The number of anilines is 2. The lowest BCUT2D eigenvalue weighted by Crippen LogP contribution is -2.22. The molecule has 1 aliphatic rings. The van der Waals surface area contributed by atoms with Crippen molar-refractivity contribution >= 4 is 23.3 Å². The molecule has 1 saturated carbocycles. The van der Waals surface area contributed by atoms with Crippen molar-refractivity contribution in [3.63, 3.8) is 0 Å². The number of aryl methyl sites for hydroxylation is 1. The third kappa shape index (κ3) is 5.55. The van der Waals surface area contributed by atoms with E-state index in [9.17, 15) is 4.79 Å². The number of nitrogens with zero attached hydrogens (tertiary/aromatic N) is 4. The zero-order valence-corrected chi connectivity index (χ0v) is 22.3. The second kappa shape index (κ2) is 10.5. The summed E-state index contributed by atoms with van der Waals surface area (Å²) in [5, 5.41) is 11.6. The van der Waals surface area contributed by atoms with Crippen LogP contribution in [0.2, 0.25) is 0 Å². The molecule has 2 heterocycles. The van der Waals surface area contributed by atoms with E-state index in [4.69, 9.17) is 15.9 Å². The van der Waals surface area contributed by atoms with Gasteiger partial charge >= 0.3 is 0 Å². The van der Waals surface area contributed by atoms with Gasteiger partial charge in [-0.2, -0.15) is 0 Å². The molecule has 0 bridgehead atoms. The van der Waals surface area contributed by atoms with Crippen LogP contribution in [0.4, 0.5) is 11.6 Å². The van der Waals surface area contributed by atoms with Gasteiger partial charge in [0.25, 0.3) is 5.91 Å². The average Bonchev–Trinajstić information content (AvgIpc) is 3.68. The minimum absolute atomic E-state index is 0.141. The fourth-order valence-electron chi connectivity index (χ4n) is 4.29. The molecule has 4 rings (SSSR count). The first-order valence-corrected chi connectivity index (χ1v) is 12.5.